The Labute approximate surface area is 122 Å². The Balaban J connectivity index is 2.55. The van der Waals surface area contributed by atoms with Gasteiger partial charge < -0.3 is 4.57 Å². The maximum atomic E-state index is 14.2. The molecule has 0 unspecified atom stereocenters. The normalized spacial score (nSPS) is 11.6. The van der Waals surface area contributed by atoms with Crippen LogP contribution in [0.4, 0.5) is 4.39 Å². The molecule has 0 radical (unpaired) electrons. The quantitative estimate of drug-likeness (QED) is 0.870. The number of sulfonamides is 1. The van der Waals surface area contributed by atoms with Crippen LogP contribution in [0, 0.1) is 17.1 Å². The van der Waals surface area contributed by atoms with Gasteiger partial charge in [0.2, 0.25) is 10.0 Å². The van der Waals surface area contributed by atoms with Crippen LogP contribution >= 0.6 is 0 Å². The average molecular weight is 307 g/mol. The van der Waals surface area contributed by atoms with Gasteiger partial charge in [0.1, 0.15) is 17.6 Å². The van der Waals surface area contributed by atoms with Gasteiger partial charge in [0, 0.05) is 26.7 Å². The van der Waals surface area contributed by atoms with Crippen molar-refractivity contribution in [1.29, 1.82) is 5.26 Å². The van der Waals surface area contributed by atoms with Crippen molar-refractivity contribution in [2.75, 3.05) is 14.1 Å². The molecule has 7 heteroatoms. The second-order valence-electron chi connectivity index (χ2n) is 4.70. The number of rotatable bonds is 3. The molecule has 0 amide bonds. The monoisotopic (exact) mass is 307 g/mol. The molecule has 0 saturated heterocycles. The highest BCUT2D eigenvalue weighted by molar-refractivity contribution is 7.89. The van der Waals surface area contributed by atoms with Crippen LogP contribution < -0.4 is 0 Å². The summed E-state index contributed by atoms with van der Waals surface area (Å²) in [5.41, 5.74) is 1.16. The van der Waals surface area contributed by atoms with Crippen molar-refractivity contribution in [2.45, 2.75) is 4.90 Å². The van der Waals surface area contributed by atoms with Gasteiger partial charge in [-0.25, -0.2) is 17.1 Å². The number of aromatic nitrogens is 1. The van der Waals surface area contributed by atoms with Gasteiger partial charge in [-0.15, -0.1) is 0 Å². The fourth-order valence-electron chi connectivity index (χ4n) is 1.97. The van der Waals surface area contributed by atoms with Gasteiger partial charge in [0.05, 0.1) is 10.6 Å². The summed E-state index contributed by atoms with van der Waals surface area (Å²) in [4.78, 5) is -0.108. The summed E-state index contributed by atoms with van der Waals surface area (Å²) < 4.78 is 40.7. The summed E-state index contributed by atoms with van der Waals surface area (Å²) in [5, 5.41) is 8.91. The van der Waals surface area contributed by atoms with Crippen molar-refractivity contribution < 1.29 is 12.8 Å². The summed E-state index contributed by atoms with van der Waals surface area (Å²) in [6, 6.07) is 8.95. The topological polar surface area (TPSA) is 66.1 Å². The minimum atomic E-state index is -3.67. The lowest BCUT2D eigenvalue weighted by Crippen LogP contribution is -2.22. The average Bonchev–Trinajstić information content (AvgIpc) is 2.79. The highest BCUT2D eigenvalue weighted by atomic mass is 32.2. The van der Waals surface area contributed by atoms with Crippen LogP contribution in [-0.2, 0) is 17.1 Å². The Morgan fingerprint density at radius 1 is 1.24 bits per heavy atom. The minimum absolute atomic E-state index is 0.108. The van der Waals surface area contributed by atoms with E-state index in [0.717, 1.165) is 10.4 Å². The Morgan fingerprint density at radius 3 is 2.38 bits per heavy atom. The number of halogens is 1. The predicted molar refractivity (Wildman–Crippen MR) is 76.4 cm³/mol. The van der Waals surface area contributed by atoms with Crippen LogP contribution in [0.1, 0.15) is 5.69 Å². The molecule has 0 fully saturated rings. The van der Waals surface area contributed by atoms with Gasteiger partial charge in [-0.3, -0.25) is 0 Å². The lowest BCUT2D eigenvalue weighted by atomic mass is 10.1. The molecule has 0 saturated carbocycles. The molecule has 2 rings (SSSR count). The van der Waals surface area contributed by atoms with E-state index >= 15 is 0 Å². The molecule has 0 atom stereocenters. The van der Waals surface area contributed by atoms with Crippen molar-refractivity contribution in [3.63, 3.8) is 0 Å². The van der Waals surface area contributed by atoms with E-state index in [4.69, 9.17) is 5.26 Å². The zero-order valence-electron chi connectivity index (χ0n) is 11.8. The van der Waals surface area contributed by atoms with Gasteiger partial charge in [-0.05, 0) is 30.3 Å². The number of hydrogen-bond acceptors (Lipinski definition) is 3. The predicted octanol–water partition coefficient (Wildman–Crippen LogP) is 1.95. The standard InChI is InChI=1S/C14H14FN3O2S/c1-17(2)21(19,20)11-5-6-12(13(15)8-11)14-7-4-10(9-16)18(14)3/h4-8H,1-3H3. The summed E-state index contributed by atoms with van der Waals surface area (Å²) >= 11 is 0. The highest BCUT2D eigenvalue weighted by Crippen LogP contribution is 2.27. The third-order valence-electron chi connectivity index (χ3n) is 3.23. The molecular formula is C14H14FN3O2S. The molecule has 5 nitrogen and oxygen atoms in total. The molecule has 2 aromatic rings. The highest BCUT2D eigenvalue weighted by Gasteiger charge is 2.20. The first kappa shape index (κ1) is 15.2. The molecule has 1 aromatic carbocycles. The molecule has 0 spiro atoms. The van der Waals surface area contributed by atoms with Gasteiger partial charge in [-0.1, -0.05) is 0 Å². The van der Waals surface area contributed by atoms with Crippen LogP contribution in [0.25, 0.3) is 11.3 Å². The van der Waals surface area contributed by atoms with Gasteiger partial charge in [0.15, 0.2) is 0 Å². The fraction of sp³-hybridized carbons (Fsp3) is 0.214. The summed E-state index contributed by atoms with van der Waals surface area (Å²) in [7, 11) is 0.750. The van der Waals surface area contributed by atoms with Crippen LogP contribution in [0.3, 0.4) is 0 Å². The van der Waals surface area contributed by atoms with Crippen LogP contribution in [-0.4, -0.2) is 31.4 Å². The van der Waals surface area contributed by atoms with Crippen LogP contribution in [0.5, 0.6) is 0 Å². The maximum Gasteiger partial charge on any atom is 0.242 e. The van der Waals surface area contributed by atoms with Gasteiger partial charge >= 0.3 is 0 Å². The molecule has 1 aromatic heterocycles. The molecule has 21 heavy (non-hydrogen) atoms. The third kappa shape index (κ3) is 2.55. The minimum Gasteiger partial charge on any atom is -0.335 e. The largest absolute Gasteiger partial charge is 0.335 e. The number of benzene rings is 1. The molecule has 0 aliphatic heterocycles. The van der Waals surface area contributed by atoms with Gasteiger partial charge in [-0.2, -0.15) is 5.26 Å². The first-order chi connectivity index (χ1) is 9.78. The number of nitriles is 1. The van der Waals surface area contributed by atoms with E-state index < -0.39 is 15.8 Å². The van der Waals surface area contributed by atoms with E-state index in [-0.39, 0.29) is 10.5 Å². The third-order valence-corrected chi connectivity index (χ3v) is 5.04. The lowest BCUT2D eigenvalue weighted by molar-refractivity contribution is 0.519. The van der Waals surface area contributed by atoms with E-state index in [0.29, 0.717) is 11.4 Å². The van der Waals surface area contributed by atoms with E-state index in [9.17, 15) is 12.8 Å². The Morgan fingerprint density at radius 2 is 1.90 bits per heavy atom. The second-order valence-corrected chi connectivity index (χ2v) is 6.86. The zero-order chi connectivity index (χ0) is 15.8. The Bertz CT molecular complexity index is 832. The number of hydrogen-bond donors (Lipinski definition) is 0. The molecule has 0 bridgehead atoms. The fourth-order valence-corrected chi connectivity index (χ4v) is 2.88. The van der Waals surface area contributed by atoms with Crippen molar-refractivity contribution in [3.8, 4) is 17.3 Å². The first-order valence-electron chi connectivity index (χ1n) is 6.07. The molecular weight excluding hydrogens is 293 g/mol. The second kappa shape index (κ2) is 5.31. The first-order valence-corrected chi connectivity index (χ1v) is 7.51. The Kier molecular flexibility index (Phi) is 3.85. The van der Waals surface area contributed by atoms with E-state index in [1.165, 1.54) is 26.2 Å². The van der Waals surface area contributed by atoms with Crippen LogP contribution in [0.2, 0.25) is 0 Å². The van der Waals surface area contributed by atoms with E-state index in [1.54, 1.807) is 23.7 Å². The van der Waals surface area contributed by atoms with E-state index in [1.807, 2.05) is 6.07 Å². The molecule has 0 aliphatic carbocycles. The molecule has 0 N–H and O–H groups in total. The zero-order valence-corrected chi connectivity index (χ0v) is 12.6. The van der Waals surface area contributed by atoms with Gasteiger partial charge in [0.25, 0.3) is 0 Å². The lowest BCUT2D eigenvalue weighted by Gasteiger charge is -2.12. The molecule has 0 aliphatic rings. The summed E-state index contributed by atoms with van der Waals surface area (Å²) in [6.07, 6.45) is 0. The van der Waals surface area contributed by atoms with E-state index in [2.05, 4.69) is 0 Å². The molecule has 110 valence electrons. The summed E-state index contributed by atoms with van der Waals surface area (Å²) in [6.45, 7) is 0. The van der Waals surface area contributed by atoms with Crippen molar-refractivity contribution in [2.24, 2.45) is 7.05 Å². The SMILES string of the molecule is CN(C)S(=O)(=O)c1ccc(-c2ccc(C#N)n2C)c(F)c1. The van der Waals surface area contributed by atoms with Crippen molar-refractivity contribution in [3.05, 3.63) is 41.8 Å². The maximum absolute atomic E-state index is 14.2. The van der Waals surface area contributed by atoms with Crippen molar-refractivity contribution in [1.82, 2.24) is 8.87 Å². The Hall–Kier alpha value is -2.17. The number of nitrogens with zero attached hydrogens (tertiary/aromatic N) is 3. The van der Waals surface area contributed by atoms with Crippen molar-refractivity contribution >= 4 is 10.0 Å². The van der Waals surface area contributed by atoms with Crippen LogP contribution in [0.15, 0.2) is 35.2 Å². The molecule has 1 heterocycles. The smallest absolute Gasteiger partial charge is 0.242 e. The summed E-state index contributed by atoms with van der Waals surface area (Å²) in [5.74, 6) is -0.649.